The highest BCUT2D eigenvalue weighted by molar-refractivity contribution is 5.37. The number of hydrogen-bond donors (Lipinski definition) is 1. The third-order valence-corrected chi connectivity index (χ3v) is 3.17. The van der Waals surface area contributed by atoms with Crippen molar-refractivity contribution in [2.45, 2.75) is 58.9 Å². The maximum absolute atomic E-state index is 4.58. The van der Waals surface area contributed by atoms with E-state index >= 15 is 0 Å². The predicted octanol–water partition coefficient (Wildman–Crippen LogP) is 3.51. The van der Waals surface area contributed by atoms with Gasteiger partial charge in [0.15, 0.2) is 0 Å². The van der Waals surface area contributed by atoms with Crippen molar-refractivity contribution in [1.82, 2.24) is 9.97 Å². The first-order chi connectivity index (χ1) is 8.04. The number of aryl methyl sites for hydroxylation is 1. The third-order valence-electron chi connectivity index (χ3n) is 3.17. The Morgan fingerprint density at radius 2 is 2.00 bits per heavy atom. The largest absolute Gasteiger partial charge is 0.367 e. The third kappa shape index (κ3) is 3.69. The molecule has 0 radical (unpaired) electrons. The molecule has 0 saturated heterocycles. The van der Waals surface area contributed by atoms with E-state index in [-0.39, 0.29) is 0 Å². The molecule has 1 N–H and O–H groups in total. The Bertz CT molecular complexity index is 383. The Hall–Kier alpha value is -1.12. The van der Waals surface area contributed by atoms with Crippen LogP contribution in [-0.2, 0) is 0 Å². The van der Waals surface area contributed by atoms with Crippen LogP contribution in [0, 0.1) is 12.8 Å². The standard InChI is InChI=1S/C14H23N3/c1-9(2)14-16-11(4)8-13(17-14)15-10(3)7-12-5-6-12/h8-10,12H,5-7H2,1-4H3,(H,15,16,17). The van der Waals surface area contributed by atoms with Crippen molar-refractivity contribution >= 4 is 5.82 Å². The van der Waals surface area contributed by atoms with E-state index < -0.39 is 0 Å². The summed E-state index contributed by atoms with van der Waals surface area (Å²) in [6.07, 6.45) is 4.08. The molecule has 1 atom stereocenters. The average molecular weight is 233 g/mol. The first kappa shape index (κ1) is 12.3. The maximum Gasteiger partial charge on any atom is 0.133 e. The van der Waals surface area contributed by atoms with E-state index in [4.69, 9.17) is 0 Å². The summed E-state index contributed by atoms with van der Waals surface area (Å²) in [6, 6.07) is 2.55. The molecule has 1 aromatic rings. The van der Waals surface area contributed by atoms with Crippen molar-refractivity contribution in [1.29, 1.82) is 0 Å². The van der Waals surface area contributed by atoms with Gasteiger partial charge in [-0.15, -0.1) is 0 Å². The molecular weight excluding hydrogens is 210 g/mol. The second-order valence-corrected chi connectivity index (χ2v) is 5.63. The molecule has 1 heterocycles. The molecular formula is C14H23N3. The van der Waals surface area contributed by atoms with Crippen LogP contribution >= 0.6 is 0 Å². The number of rotatable bonds is 5. The lowest BCUT2D eigenvalue weighted by atomic mass is 10.1. The number of anilines is 1. The monoisotopic (exact) mass is 233 g/mol. The van der Waals surface area contributed by atoms with Gasteiger partial charge in [0.05, 0.1) is 0 Å². The summed E-state index contributed by atoms with van der Waals surface area (Å²) in [5.41, 5.74) is 1.05. The van der Waals surface area contributed by atoms with Crippen molar-refractivity contribution in [3.05, 3.63) is 17.6 Å². The van der Waals surface area contributed by atoms with E-state index in [1.807, 2.05) is 13.0 Å². The summed E-state index contributed by atoms with van der Waals surface area (Å²) in [4.78, 5) is 9.04. The van der Waals surface area contributed by atoms with Crippen LogP contribution in [0.5, 0.6) is 0 Å². The minimum atomic E-state index is 0.384. The Kier molecular flexibility index (Phi) is 3.65. The van der Waals surface area contributed by atoms with E-state index in [0.717, 1.165) is 23.3 Å². The van der Waals surface area contributed by atoms with Crippen LogP contribution in [0.25, 0.3) is 0 Å². The molecule has 2 rings (SSSR count). The minimum Gasteiger partial charge on any atom is -0.367 e. The fourth-order valence-electron chi connectivity index (χ4n) is 2.09. The van der Waals surface area contributed by atoms with Gasteiger partial charge in [-0.25, -0.2) is 9.97 Å². The Balaban J connectivity index is 2.03. The lowest BCUT2D eigenvalue weighted by Crippen LogP contribution is -2.17. The van der Waals surface area contributed by atoms with Crippen molar-refractivity contribution in [3.8, 4) is 0 Å². The summed E-state index contributed by atoms with van der Waals surface area (Å²) in [7, 11) is 0. The fraction of sp³-hybridized carbons (Fsp3) is 0.714. The zero-order chi connectivity index (χ0) is 12.4. The molecule has 3 nitrogen and oxygen atoms in total. The number of hydrogen-bond acceptors (Lipinski definition) is 3. The second kappa shape index (κ2) is 5.03. The highest BCUT2D eigenvalue weighted by atomic mass is 15.0. The van der Waals surface area contributed by atoms with E-state index in [9.17, 15) is 0 Å². The zero-order valence-electron chi connectivity index (χ0n) is 11.3. The molecule has 0 aliphatic heterocycles. The zero-order valence-corrected chi connectivity index (χ0v) is 11.3. The average Bonchev–Trinajstić information content (AvgIpc) is 3.00. The Morgan fingerprint density at radius 1 is 1.29 bits per heavy atom. The molecule has 0 spiro atoms. The second-order valence-electron chi connectivity index (χ2n) is 5.63. The first-order valence-electron chi connectivity index (χ1n) is 6.66. The van der Waals surface area contributed by atoms with Gasteiger partial charge in [-0.1, -0.05) is 26.7 Å². The minimum absolute atomic E-state index is 0.384. The van der Waals surface area contributed by atoms with E-state index in [1.54, 1.807) is 0 Å². The summed E-state index contributed by atoms with van der Waals surface area (Å²) in [6.45, 7) is 8.54. The van der Waals surface area contributed by atoms with E-state index in [2.05, 4.69) is 36.1 Å². The van der Waals surface area contributed by atoms with Crippen LogP contribution in [0.15, 0.2) is 6.07 Å². The van der Waals surface area contributed by atoms with Crippen LogP contribution in [0.3, 0.4) is 0 Å². The van der Waals surface area contributed by atoms with Crippen molar-refractivity contribution in [2.24, 2.45) is 5.92 Å². The Morgan fingerprint density at radius 3 is 2.59 bits per heavy atom. The highest BCUT2D eigenvalue weighted by Gasteiger charge is 2.23. The maximum atomic E-state index is 4.58. The van der Waals surface area contributed by atoms with Gasteiger partial charge in [-0.2, -0.15) is 0 Å². The molecule has 0 amide bonds. The number of nitrogens with zero attached hydrogens (tertiary/aromatic N) is 2. The lowest BCUT2D eigenvalue weighted by Gasteiger charge is -2.15. The van der Waals surface area contributed by atoms with E-state index in [0.29, 0.717) is 12.0 Å². The molecule has 3 heteroatoms. The SMILES string of the molecule is Cc1cc(NC(C)CC2CC2)nc(C(C)C)n1. The van der Waals surface area contributed by atoms with Crippen LogP contribution in [0.1, 0.15) is 57.5 Å². The quantitative estimate of drug-likeness (QED) is 0.845. The summed E-state index contributed by atoms with van der Waals surface area (Å²) >= 11 is 0. The van der Waals surface area contributed by atoms with Gasteiger partial charge in [0, 0.05) is 23.7 Å². The fourth-order valence-corrected chi connectivity index (χ4v) is 2.09. The van der Waals surface area contributed by atoms with Gasteiger partial charge >= 0.3 is 0 Å². The molecule has 0 aromatic carbocycles. The summed E-state index contributed by atoms with van der Waals surface area (Å²) < 4.78 is 0. The molecule has 1 fully saturated rings. The topological polar surface area (TPSA) is 37.8 Å². The van der Waals surface area contributed by atoms with Crippen molar-refractivity contribution in [2.75, 3.05) is 5.32 Å². The van der Waals surface area contributed by atoms with E-state index in [1.165, 1.54) is 19.3 Å². The molecule has 94 valence electrons. The van der Waals surface area contributed by atoms with Crippen molar-refractivity contribution < 1.29 is 0 Å². The summed E-state index contributed by atoms with van der Waals surface area (Å²) in [5, 5.41) is 3.50. The number of aromatic nitrogens is 2. The van der Waals surface area contributed by atoms with Crippen LogP contribution in [-0.4, -0.2) is 16.0 Å². The molecule has 1 unspecified atom stereocenters. The lowest BCUT2D eigenvalue weighted by molar-refractivity contribution is 0.638. The first-order valence-corrected chi connectivity index (χ1v) is 6.66. The summed E-state index contributed by atoms with van der Waals surface area (Å²) in [5.74, 6) is 3.25. The van der Waals surface area contributed by atoms with Crippen molar-refractivity contribution in [3.63, 3.8) is 0 Å². The van der Waals surface area contributed by atoms with Gasteiger partial charge < -0.3 is 5.32 Å². The normalized spacial score (nSPS) is 17.2. The smallest absolute Gasteiger partial charge is 0.133 e. The molecule has 1 aliphatic carbocycles. The highest BCUT2D eigenvalue weighted by Crippen LogP contribution is 2.34. The van der Waals surface area contributed by atoms with Crippen LogP contribution in [0.4, 0.5) is 5.82 Å². The van der Waals surface area contributed by atoms with Gasteiger partial charge in [-0.3, -0.25) is 0 Å². The predicted molar refractivity (Wildman–Crippen MR) is 71.3 cm³/mol. The molecule has 1 aliphatic rings. The molecule has 1 aromatic heterocycles. The Labute approximate surface area is 104 Å². The molecule has 1 saturated carbocycles. The van der Waals surface area contributed by atoms with Gasteiger partial charge in [0.2, 0.25) is 0 Å². The van der Waals surface area contributed by atoms with Crippen LogP contribution < -0.4 is 5.32 Å². The molecule has 17 heavy (non-hydrogen) atoms. The van der Waals surface area contributed by atoms with Gasteiger partial charge in [-0.05, 0) is 26.2 Å². The number of nitrogens with one attached hydrogen (secondary N) is 1. The van der Waals surface area contributed by atoms with Crippen LogP contribution in [0.2, 0.25) is 0 Å². The van der Waals surface area contributed by atoms with Gasteiger partial charge in [0.25, 0.3) is 0 Å². The molecule has 0 bridgehead atoms. The van der Waals surface area contributed by atoms with Gasteiger partial charge in [0.1, 0.15) is 11.6 Å².